The molecule has 0 amide bonds. The molecule has 0 saturated carbocycles. The summed E-state index contributed by atoms with van der Waals surface area (Å²) in [6.45, 7) is 1.72. The van der Waals surface area contributed by atoms with E-state index in [0.717, 1.165) is 6.42 Å². The Morgan fingerprint density at radius 2 is 2.00 bits per heavy atom. The summed E-state index contributed by atoms with van der Waals surface area (Å²) in [5.74, 6) is -0.772. The molecule has 1 spiro atoms. The Kier molecular flexibility index (Phi) is 4.00. The van der Waals surface area contributed by atoms with Gasteiger partial charge in [-0.05, 0) is 40.5 Å². The minimum absolute atomic E-state index is 0.215. The lowest BCUT2D eigenvalue weighted by Crippen LogP contribution is -2.50. The van der Waals surface area contributed by atoms with Gasteiger partial charge in [0.1, 0.15) is 0 Å². The lowest BCUT2D eigenvalue weighted by Gasteiger charge is -2.37. The lowest BCUT2D eigenvalue weighted by molar-refractivity contribution is -0.179. The number of piperidine rings is 1. The van der Waals surface area contributed by atoms with E-state index >= 15 is 0 Å². The number of sulfonamides is 1. The van der Waals surface area contributed by atoms with Crippen LogP contribution in [0.3, 0.4) is 0 Å². The van der Waals surface area contributed by atoms with Crippen LogP contribution in [0.15, 0.2) is 27.6 Å². The average molecular weight is 377 g/mol. The Morgan fingerprint density at radius 1 is 1.29 bits per heavy atom. The lowest BCUT2D eigenvalue weighted by atomic mass is 10.1. The van der Waals surface area contributed by atoms with Gasteiger partial charge in [0.15, 0.2) is 5.79 Å². The van der Waals surface area contributed by atoms with Gasteiger partial charge in [0.2, 0.25) is 10.0 Å². The van der Waals surface area contributed by atoms with E-state index in [0.29, 0.717) is 36.3 Å². The van der Waals surface area contributed by atoms with Gasteiger partial charge in [-0.15, -0.1) is 0 Å². The minimum Gasteiger partial charge on any atom is -0.399 e. The first kappa shape index (κ1) is 15.2. The number of nitrogens with two attached hydrogens (primary N) is 1. The molecule has 1 aromatic rings. The molecule has 0 atom stereocenters. The topological polar surface area (TPSA) is 81.9 Å². The number of hydrogen-bond donors (Lipinski definition) is 1. The molecule has 8 heteroatoms. The summed E-state index contributed by atoms with van der Waals surface area (Å²) in [5.41, 5.74) is 6.18. The minimum atomic E-state index is -3.60. The molecule has 0 aromatic heterocycles. The van der Waals surface area contributed by atoms with Crippen LogP contribution in [-0.4, -0.2) is 44.8 Å². The van der Waals surface area contributed by atoms with Crippen LogP contribution in [0, 0.1) is 0 Å². The first-order valence-electron chi connectivity index (χ1n) is 6.76. The van der Waals surface area contributed by atoms with Crippen molar-refractivity contribution in [1.29, 1.82) is 0 Å². The molecule has 0 radical (unpaired) electrons. The Bertz CT molecular complexity index is 644. The third kappa shape index (κ3) is 2.83. The fourth-order valence-corrected chi connectivity index (χ4v) is 5.32. The van der Waals surface area contributed by atoms with Crippen LogP contribution >= 0.6 is 15.9 Å². The van der Waals surface area contributed by atoms with Crippen molar-refractivity contribution in [2.45, 2.75) is 23.5 Å². The number of ether oxygens (including phenoxy) is 2. The van der Waals surface area contributed by atoms with Crippen LogP contribution in [0.2, 0.25) is 0 Å². The molecule has 2 aliphatic heterocycles. The molecular formula is C13H17BrN2O4S. The Hall–Kier alpha value is -0.670. The number of halogens is 1. The van der Waals surface area contributed by atoms with Crippen LogP contribution in [0.5, 0.6) is 0 Å². The van der Waals surface area contributed by atoms with Crippen LogP contribution in [-0.2, 0) is 19.5 Å². The van der Waals surface area contributed by atoms with E-state index in [1.165, 1.54) is 10.4 Å². The van der Waals surface area contributed by atoms with Crippen molar-refractivity contribution in [1.82, 2.24) is 4.31 Å². The number of rotatable bonds is 2. The van der Waals surface area contributed by atoms with Crippen LogP contribution in [0.4, 0.5) is 5.69 Å². The predicted octanol–water partition coefficient (Wildman–Crippen LogP) is 1.56. The van der Waals surface area contributed by atoms with Crippen molar-refractivity contribution < 1.29 is 17.9 Å². The summed E-state index contributed by atoms with van der Waals surface area (Å²) >= 11 is 3.28. The fraction of sp³-hybridized carbons (Fsp3) is 0.538. The van der Waals surface area contributed by atoms with E-state index in [9.17, 15) is 8.42 Å². The highest BCUT2D eigenvalue weighted by atomic mass is 79.9. The molecule has 21 heavy (non-hydrogen) atoms. The summed E-state index contributed by atoms with van der Waals surface area (Å²) in [6, 6.07) is 4.70. The second-order valence-corrected chi connectivity index (χ2v) is 8.00. The molecule has 0 bridgehead atoms. The molecule has 116 valence electrons. The predicted molar refractivity (Wildman–Crippen MR) is 81.2 cm³/mol. The largest absolute Gasteiger partial charge is 0.399 e. The summed E-state index contributed by atoms with van der Waals surface area (Å²) in [6.07, 6.45) is 1.44. The third-order valence-electron chi connectivity index (χ3n) is 3.77. The Morgan fingerprint density at radius 3 is 2.67 bits per heavy atom. The van der Waals surface area contributed by atoms with E-state index in [4.69, 9.17) is 15.2 Å². The van der Waals surface area contributed by atoms with E-state index < -0.39 is 15.8 Å². The van der Waals surface area contributed by atoms with Crippen molar-refractivity contribution in [3.05, 3.63) is 22.7 Å². The second kappa shape index (κ2) is 5.51. The normalized spacial score (nSPS) is 22.7. The molecular weight excluding hydrogens is 360 g/mol. The molecule has 2 heterocycles. The molecule has 6 nitrogen and oxygen atoms in total. The number of nitrogen functional groups attached to an aromatic ring is 1. The summed E-state index contributed by atoms with van der Waals surface area (Å²) in [7, 11) is -3.60. The van der Waals surface area contributed by atoms with Gasteiger partial charge in [0.05, 0.1) is 24.7 Å². The molecule has 0 aliphatic carbocycles. The highest BCUT2D eigenvalue weighted by Gasteiger charge is 2.44. The SMILES string of the molecule is Nc1ccc(S(=O)(=O)N2CCCC3(C2)OCCO3)c(Br)c1. The van der Waals surface area contributed by atoms with Gasteiger partial charge in [0.25, 0.3) is 0 Å². The molecule has 3 rings (SSSR count). The third-order valence-corrected chi connectivity index (χ3v) is 6.59. The van der Waals surface area contributed by atoms with Gasteiger partial charge >= 0.3 is 0 Å². The first-order valence-corrected chi connectivity index (χ1v) is 8.99. The molecule has 2 N–H and O–H groups in total. The molecule has 2 fully saturated rings. The van der Waals surface area contributed by atoms with E-state index in [1.807, 2.05) is 0 Å². The monoisotopic (exact) mass is 376 g/mol. The zero-order valence-electron chi connectivity index (χ0n) is 11.4. The Balaban J connectivity index is 1.90. The van der Waals surface area contributed by atoms with E-state index in [2.05, 4.69) is 15.9 Å². The van der Waals surface area contributed by atoms with Crippen molar-refractivity contribution in [2.75, 3.05) is 32.0 Å². The average Bonchev–Trinajstić information content (AvgIpc) is 2.86. The van der Waals surface area contributed by atoms with Gasteiger partial charge in [-0.25, -0.2) is 8.42 Å². The molecule has 2 saturated heterocycles. The van der Waals surface area contributed by atoms with Gasteiger partial charge < -0.3 is 15.2 Å². The number of anilines is 1. The zero-order valence-corrected chi connectivity index (χ0v) is 13.8. The van der Waals surface area contributed by atoms with Crippen LogP contribution < -0.4 is 5.73 Å². The van der Waals surface area contributed by atoms with Crippen LogP contribution in [0.1, 0.15) is 12.8 Å². The summed E-state index contributed by atoms with van der Waals surface area (Å²) in [4.78, 5) is 0.215. The maximum Gasteiger partial charge on any atom is 0.244 e. The number of benzene rings is 1. The first-order chi connectivity index (χ1) is 9.93. The molecule has 0 unspecified atom stereocenters. The standard InChI is InChI=1S/C13H17BrN2O4S/c14-11-8-10(15)2-3-12(11)21(17,18)16-5-1-4-13(9-16)19-6-7-20-13/h2-3,8H,1,4-7,9,15H2. The van der Waals surface area contributed by atoms with Gasteiger partial charge in [-0.3, -0.25) is 0 Å². The highest BCUT2D eigenvalue weighted by Crippen LogP contribution is 2.34. The van der Waals surface area contributed by atoms with E-state index in [1.54, 1.807) is 12.1 Å². The van der Waals surface area contributed by atoms with Crippen molar-refractivity contribution in [3.8, 4) is 0 Å². The van der Waals surface area contributed by atoms with Gasteiger partial charge in [-0.2, -0.15) is 4.31 Å². The highest BCUT2D eigenvalue weighted by molar-refractivity contribution is 9.10. The van der Waals surface area contributed by atoms with Crippen LogP contribution in [0.25, 0.3) is 0 Å². The second-order valence-electron chi connectivity index (χ2n) is 5.24. The zero-order chi connectivity index (χ0) is 15.1. The fourth-order valence-electron chi connectivity index (χ4n) is 2.75. The van der Waals surface area contributed by atoms with Crippen molar-refractivity contribution in [3.63, 3.8) is 0 Å². The smallest absolute Gasteiger partial charge is 0.244 e. The molecule has 2 aliphatic rings. The Labute approximate surface area is 132 Å². The van der Waals surface area contributed by atoms with Gasteiger partial charge in [-0.1, -0.05) is 0 Å². The maximum absolute atomic E-state index is 12.8. The van der Waals surface area contributed by atoms with Gasteiger partial charge in [0, 0.05) is 23.1 Å². The summed E-state index contributed by atoms with van der Waals surface area (Å²) < 4.78 is 38.8. The molecule has 1 aromatic carbocycles. The number of nitrogens with zero attached hydrogens (tertiary/aromatic N) is 1. The number of hydrogen-bond acceptors (Lipinski definition) is 5. The van der Waals surface area contributed by atoms with Crippen molar-refractivity contribution >= 4 is 31.6 Å². The van der Waals surface area contributed by atoms with E-state index in [-0.39, 0.29) is 11.4 Å². The van der Waals surface area contributed by atoms with Crippen molar-refractivity contribution in [2.24, 2.45) is 0 Å². The quantitative estimate of drug-likeness (QED) is 0.791. The summed E-state index contributed by atoms with van der Waals surface area (Å²) in [5, 5.41) is 0. The maximum atomic E-state index is 12.8.